The Kier molecular flexibility index (Phi) is 7.65. The quantitative estimate of drug-likeness (QED) is 0.526. The number of carbonyl (C=O) groups excluding carboxylic acids is 4. The second kappa shape index (κ2) is 10.2. The third-order valence-electron chi connectivity index (χ3n) is 4.14. The molecule has 2 N–H and O–H groups in total. The molecule has 0 spiro atoms. The van der Waals surface area contributed by atoms with Gasteiger partial charge in [0, 0.05) is 23.4 Å². The van der Waals surface area contributed by atoms with E-state index in [4.69, 9.17) is 4.74 Å². The van der Waals surface area contributed by atoms with Crippen molar-refractivity contribution in [2.45, 2.75) is 33.6 Å². The minimum absolute atomic E-state index is 0.0955. The van der Waals surface area contributed by atoms with Crippen LogP contribution in [0.25, 0.3) is 0 Å². The van der Waals surface area contributed by atoms with Gasteiger partial charge in [-0.25, -0.2) is 0 Å². The maximum atomic E-state index is 12.0. The second-order valence-corrected chi connectivity index (χ2v) is 6.71. The normalized spacial score (nSPS) is 10.2. The summed E-state index contributed by atoms with van der Waals surface area (Å²) in [5, 5.41) is 5.32. The first-order chi connectivity index (χ1) is 13.7. The molecule has 0 atom stereocenters. The van der Waals surface area contributed by atoms with Gasteiger partial charge in [0.25, 0.3) is 5.91 Å². The van der Waals surface area contributed by atoms with E-state index in [1.807, 2.05) is 32.0 Å². The van der Waals surface area contributed by atoms with Gasteiger partial charge in [-0.15, -0.1) is 0 Å². The fourth-order valence-corrected chi connectivity index (χ4v) is 2.53. The van der Waals surface area contributed by atoms with Crippen LogP contribution < -0.4 is 10.6 Å². The number of hydrogen-bond acceptors (Lipinski definition) is 5. The summed E-state index contributed by atoms with van der Waals surface area (Å²) in [6.07, 6.45) is -0.253. The highest BCUT2D eigenvalue weighted by atomic mass is 16.5. The van der Waals surface area contributed by atoms with Gasteiger partial charge in [0.05, 0.1) is 6.42 Å². The van der Waals surface area contributed by atoms with E-state index in [-0.39, 0.29) is 24.5 Å². The average Bonchev–Trinajstić information content (AvgIpc) is 2.67. The summed E-state index contributed by atoms with van der Waals surface area (Å²) in [6, 6.07) is 12.2. The zero-order valence-electron chi connectivity index (χ0n) is 16.7. The molecule has 0 heterocycles. The molecule has 0 aliphatic carbocycles. The number of hydrogen-bond donors (Lipinski definition) is 2. The molecule has 0 unspecified atom stereocenters. The van der Waals surface area contributed by atoms with E-state index in [9.17, 15) is 19.2 Å². The molecule has 2 amide bonds. The minimum Gasteiger partial charge on any atom is -0.456 e. The van der Waals surface area contributed by atoms with E-state index >= 15 is 0 Å². The summed E-state index contributed by atoms with van der Waals surface area (Å²) < 4.78 is 4.92. The van der Waals surface area contributed by atoms with Gasteiger partial charge in [-0.3, -0.25) is 19.2 Å². The first-order valence-corrected chi connectivity index (χ1v) is 9.18. The lowest BCUT2D eigenvalue weighted by atomic mass is 10.1. The van der Waals surface area contributed by atoms with Gasteiger partial charge in [-0.05, 0) is 50.1 Å². The van der Waals surface area contributed by atoms with E-state index in [1.54, 1.807) is 24.3 Å². The summed E-state index contributed by atoms with van der Waals surface area (Å²) in [5.41, 5.74) is 3.53. The highest BCUT2D eigenvalue weighted by Crippen LogP contribution is 2.16. The molecule has 2 aromatic carbocycles. The van der Waals surface area contributed by atoms with Crippen LogP contribution in [0.3, 0.4) is 0 Å². The van der Waals surface area contributed by atoms with Crippen LogP contribution in [0.15, 0.2) is 42.5 Å². The fraction of sp³-hybridized carbons (Fsp3) is 0.273. The van der Waals surface area contributed by atoms with Crippen molar-refractivity contribution in [3.63, 3.8) is 0 Å². The molecule has 0 saturated carbocycles. The number of nitrogens with one attached hydrogen (secondary N) is 2. The number of anilines is 2. The monoisotopic (exact) mass is 396 g/mol. The lowest BCUT2D eigenvalue weighted by Gasteiger charge is -2.10. The number of benzene rings is 2. The smallest absolute Gasteiger partial charge is 0.306 e. The highest BCUT2D eigenvalue weighted by Gasteiger charge is 2.12. The molecule has 7 heteroatoms. The van der Waals surface area contributed by atoms with Gasteiger partial charge in [0.2, 0.25) is 5.91 Å². The number of rotatable bonds is 8. The molecule has 0 aliphatic heterocycles. The van der Waals surface area contributed by atoms with E-state index < -0.39 is 18.5 Å². The maximum Gasteiger partial charge on any atom is 0.306 e. The molecule has 0 fully saturated rings. The number of ketones is 1. The van der Waals surface area contributed by atoms with Crippen molar-refractivity contribution in [2.24, 2.45) is 0 Å². The van der Waals surface area contributed by atoms with Crippen LogP contribution in [0.4, 0.5) is 11.4 Å². The zero-order valence-corrected chi connectivity index (χ0v) is 16.7. The lowest BCUT2D eigenvalue weighted by Crippen LogP contribution is -2.22. The number of esters is 1. The van der Waals surface area contributed by atoms with Gasteiger partial charge in [0.15, 0.2) is 12.4 Å². The van der Waals surface area contributed by atoms with Gasteiger partial charge in [-0.2, -0.15) is 0 Å². The topological polar surface area (TPSA) is 102 Å². The average molecular weight is 396 g/mol. The largest absolute Gasteiger partial charge is 0.456 e. The molecule has 0 aliphatic rings. The number of aryl methyl sites for hydroxylation is 2. The van der Waals surface area contributed by atoms with Crippen molar-refractivity contribution in [3.8, 4) is 0 Å². The van der Waals surface area contributed by atoms with Gasteiger partial charge in [-0.1, -0.05) is 24.3 Å². The maximum absolute atomic E-state index is 12.0. The van der Waals surface area contributed by atoms with Crippen molar-refractivity contribution in [3.05, 3.63) is 59.2 Å². The molecule has 0 radical (unpaired) electrons. The molecule has 29 heavy (non-hydrogen) atoms. The Hall–Kier alpha value is -3.48. The Morgan fingerprint density at radius 2 is 1.66 bits per heavy atom. The molecule has 0 aromatic heterocycles. The van der Waals surface area contributed by atoms with Crippen LogP contribution >= 0.6 is 0 Å². The fourth-order valence-electron chi connectivity index (χ4n) is 2.53. The number of Topliss-reactive ketones (excluding diaryl/α,β-unsaturated/α-hetero) is 1. The van der Waals surface area contributed by atoms with Crippen LogP contribution in [0.2, 0.25) is 0 Å². The van der Waals surface area contributed by atoms with Gasteiger partial charge < -0.3 is 15.4 Å². The van der Waals surface area contributed by atoms with E-state index in [1.165, 1.54) is 6.92 Å². The summed E-state index contributed by atoms with van der Waals surface area (Å²) in [4.78, 5) is 47.1. The Bertz CT molecular complexity index is 937. The third-order valence-corrected chi connectivity index (χ3v) is 4.14. The Labute approximate surface area is 169 Å². The summed E-state index contributed by atoms with van der Waals surface area (Å²) in [7, 11) is 0. The number of amides is 2. The Morgan fingerprint density at radius 3 is 2.38 bits per heavy atom. The van der Waals surface area contributed by atoms with E-state index in [2.05, 4.69) is 10.6 Å². The summed E-state index contributed by atoms with van der Waals surface area (Å²) in [6.45, 7) is 4.80. The van der Waals surface area contributed by atoms with Gasteiger partial charge in [0.1, 0.15) is 0 Å². The van der Waals surface area contributed by atoms with Crippen LogP contribution in [-0.4, -0.2) is 30.2 Å². The van der Waals surface area contributed by atoms with E-state index in [0.717, 1.165) is 11.1 Å². The molecular weight excluding hydrogens is 372 g/mol. The van der Waals surface area contributed by atoms with Gasteiger partial charge >= 0.3 is 5.97 Å². The predicted molar refractivity (Wildman–Crippen MR) is 110 cm³/mol. The molecule has 2 rings (SSSR count). The first-order valence-electron chi connectivity index (χ1n) is 9.18. The van der Waals surface area contributed by atoms with Crippen LogP contribution in [0.5, 0.6) is 0 Å². The number of carbonyl (C=O) groups is 4. The van der Waals surface area contributed by atoms with Crippen molar-refractivity contribution in [1.29, 1.82) is 0 Å². The van der Waals surface area contributed by atoms with Crippen molar-refractivity contribution >= 4 is 34.9 Å². The molecule has 0 saturated heterocycles. The molecule has 0 bridgehead atoms. The lowest BCUT2D eigenvalue weighted by molar-refractivity contribution is -0.147. The molecule has 2 aromatic rings. The van der Waals surface area contributed by atoms with E-state index in [0.29, 0.717) is 16.9 Å². The summed E-state index contributed by atoms with van der Waals surface area (Å²) in [5.74, 6) is -1.59. The van der Waals surface area contributed by atoms with Crippen molar-refractivity contribution in [1.82, 2.24) is 0 Å². The van der Waals surface area contributed by atoms with Crippen molar-refractivity contribution < 1.29 is 23.9 Å². The van der Waals surface area contributed by atoms with Crippen LogP contribution in [0.1, 0.15) is 41.3 Å². The second-order valence-electron chi connectivity index (χ2n) is 6.71. The SMILES string of the molecule is CC(=O)c1cccc(NC(=O)CCC(=O)OCC(=O)Nc2cc(C)ccc2C)c1. The molecular formula is C22H24N2O5. The molecule has 7 nitrogen and oxygen atoms in total. The summed E-state index contributed by atoms with van der Waals surface area (Å²) >= 11 is 0. The van der Waals surface area contributed by atoms with Crippen molar-refractivity contribution in [2.75, 3.05) is 17.2 Å². The Balaban J connectivity index is 1.74. The Morgan fingerprint density at radius 1 is 0.897 bits per heavy atom. The minimum atomic E-state index is -0.645. The zero-order chi connectivity index (χ0) is 21.4. The van der Waals surface area contributed by atoms with Crippen LogP contribution in [-0.2, 0) is 19.1 Å². The van der Waals surface area contributed by atoms with Crippen LogP contribution in [0, 0.1) is 13.8 Å². The third kappa shape index (κ3) is 7.21. The number of ether oxygens (including phenoxy) is 1. The predicted octanol–water partition coefficient (Wildman–Crippen LogP) is 3.41. The standard InChI is InChI=1S/C22H24N2O5/c1-14-7-8-15(2)19(11-14)24-21(27)13-29-22(28)10-9-20(26)23-18-6-4-5-17(12-18)16(3)25/h4-8,11-12H,9-10,13H2,1-3H3,(H,23,26)(H,24,27). The first kappa shape index (κ1) is 21.8. The molecule has 152 valence electrons. The highest BCUT2D eigenvalue weighted by molar-refractivity contribution is 5.97.